The van der Waals surface area contributed by atoms with Crippen molar-refractivity contribution in [3.05, 3.63) is 65.9 Å². The first kappa shape index (κ1) is 22.5. The Bertz CT molecular complexity index is 1130. The van der Waals surface area contributed by atoms with E-state index in [0.717, 1.165) is 12.1 Å². The molecule has 11 heteroatoms. The van der Waals surface area contributed by atoms with Crippen molar-refractivity contribution in [2.45, 2.75) is 19.1 Å². The number of ether oxygens (including phenoxy) is 1. The topological polar surface area (TPSA) is 133 Å². The fraction of sp³-hybridized carbons (Fsp3) is 0.143. The van der Waals surface area contributed by atoms with E-state index in [-0.39, 0.29) is 23.1 Å². The standard InChI is InChI=1S/C21H18F3N5O3/c1-11(18(25)30)27-17-10-16(19(26)31)28-20(29-17)12-2-6-14(7-3-12)32-15-8-4-13(5-9-15)21(22,23)24/h2-11H,1H3,(H2,25,30)(H2,26,31)(H,27,28,29)/t11-/m0/s1. The second-order valence-corrected chi connectivity index (χ2v) is 6.74. The van der Waals surface area contributed by atoms with E-state index in [9.17, 15) is 22.8 Å². The predicted molar refractivity (Wildman–Crippen MR) is 110 cm³/mol. The quantitative estimate of drug-likeness (QED) is 0.511. The molecule has 0 saturated carbocycles. The van der Waals surface area contributed by atoms with Crippen LogP contribution in [0.3, 0.4) is 0 Å². The summed E-state index contributed by atoms with van der Waals surface area (Å²) in [5.74, 6) is -0.479. The van der Waals surface area contributed by atoms with Gasteiger partial charge >= 0.3 is 6.18 Å². The van der Waals surface area contributed by atoms with E-state index in [4.69, 9.17) is 16.2 Å². The van der Waals surface area contributed by atoms with Crippen LogP contribution in [-0.2, 0) is 11.0 Å². The molecule has 5 N–H and O–H groups in total. The Labute approximate surface area is 180 Å². The minimum absolute atomic E-state index is 0.0701. The summed E-state index contributed by atoms with van der Waals surface area (Å²) in [6.07, 6.45) is -4.43. The first-order chi connectivity index (χ1) is 15.0. The van der Waals surface area contributed by atoms with Gasteiger partial charge in [0.15, 0.2) is 5.82 Å². The molecular formula is C21H18F3N5O3. The van der Waals surface area contributed by atoms with E-state index in [1.807, 2.05) is 0 Å². The maximum absolute atomic E-state index is 12.7. The van der Waals surface area contributed by atoms with Crippen molar-refractivity contribution in [2.24, 2.45) is 11.5 Å². The smallest absolute Gasteiger partial charge is 0.416 e. The number of benzene rings is 2. The number of amides is 2. The Morgan fingerprint density at radius 2 is 1.53 bits per heavy atom. The molecule has 1 aromatic heterocycles. The summed E-state index contributed by atoms with van der Waals surface area (Å²) >= 11 is 0. The average molecular weight is 445 g/mol. The van der Waals surface area contributed by atoms with Crippen LogP contribution in [0.25, 0.3) is 11.4 Å². The summed E-state index contributed by atoms with van der Waals surface area (Å²) in [5.41, 5.74) is 10.2. The molecule has 3 rings (SSSR count). The molecule has 0 fully saturated rings. The Morgan fingerprint density at radius 1 is 0.969 bits per heavy atom. The molecule has 0 spiro atoms. The molecule has 0 aliphatic heterocycles. The molecule has 0 aliphatic rings. The molecule has 1 atom stereocenters. The Balaban J connectivity index is 1.82. The monoisotopic (exact) mass is 445 g/mol. The van der Waals surface area contributed by atoms with Gasteiger partial charge in [-0.25, -0.2) is 9.97 Å². The highest BCUT2D eigenvalue weighted by atomic mass is 19.4. The molecular weight excluding hydrogens is 427 g/mol. The van der Waals surface area contributed by atoms with E-state index in [1.54, 1.807) is 24.3 Å². The van der Waals surface area contributed by atoms with Crippen LogP contribution in [0, 0.1) is 0 Å². The highest BCUT2D eigenvalue weighted by Gasteiger charge is 2.30. The van der Waals surface area contributed by atoms with Gasteiger partial charge < -0.3 is 21.5 Å². The SMILES string of the molecule is C[C@H](Nc1cc(C(N)=O)nc(-c2ccc(Oc3ccc(C(F)(F)F)cc3)cc2)n1)C(N)=O. The lowest BCUT2D eigenvalue weighted by Crippen LogP contribution is -2.33. The number of hydrogen-bond donors (Lipinski definition) is 3. The summed E-state index contributed by atoms with van der Waals surface area (Å²) in [6.45, 7) is 1.53. The van der Waals surface area contributed by atoms with Gasteiger partial charge in [0.25, 0.3) is 5.91 Å². The minimum atomic E-state index is -4.43. The minimum Gasteiger partial charge on any atom is -0.457 e. The van der Waals surface area contributed by atoms with Crippen LogP contribution < -0.4 is 21.5 Å². The van der Waals surface area contributed by atoms with Crippen LogP contribution in [0.5, 0.6) is 11.5 Å². The van der Waals surface area contributed by atoms with Crippen molar-refractivity contribution in [3.8, 4) is 22.9 Å². The van der Waals surface area contributed by atoms with Gasteiger partial charge in [0, 0.05) is 11.6 Å². The zero-order chi connectivity index (χ0) is 23.5. The number of halogens is 3. The first-order valence-corrected chi connectivity index (χ1v) is 9.23. The fourth-order valence-corrected chi connectivity index (χ4v) is 2.59. The molecule has 0 bridgehead atoms. The molecule has 1 heterocycles. The Hall–Kier alpha value is -4.15. The fourth-order valence-electron chi connectivity index (χ4n) is 2.59. The second-order valence-electron chi connectivity index (χ2n) is 6.74. The van der Waals surface area contributed by atoms with Crippen molar-refractivity contribution in [1.82, 2.24) is 9.97 Å². The average Bonchev–Trinajstić information content (AvgIpc) is 2.73. The summed E-state index contributed by atoms with van der Waals surface area (Å²) in [6, 6.07) is 11.1. The lowest BCUT2D eigenvalue weighted by atomic mass is 10.2. The largest absolute Gasteiger partial charge is 0.457 e. The van der Waals surface area contributed by atoms with Gasteiger partial charge in [-0.05, 0) is 55.5 Å². The number of hydrogen-bond acceptors (Lipinski definition) is 6. The molecule has 0 saturated heterocycles. The molecule has 2 aromatic carbocycles. The maximum Gasteiger partial charge on any atom is 0.416 e. The third-order valence-electron chi connectivity index (χ3n) is 4.30. The summed E-state index contributed by atoms with van der Waals surface area (Å²) < 4.78 is 43.5. The number of anilines is 1. The highest BCUT2D eigenvalue weighted by Crippen LogP contribution is 2.31. The number of nitrogens with one attached hydrogen (secondary N) is 1. The lowest BCUT2D eigenvalue weighted by Gasteiger charge is -2.13. The third kappa shape index (κ3) is 5.50. The number of alkyl halides is 3. The number of nitrogens with two attached hydrogens (primary N) is 2. The summed E-state index contributed by atoms with van der Waals surface area (Å²) in [7, 11) is 0. The lowest BCUT2D eigenvalue weighted by molar-refractivity contribution is -0.137. The summed E-state index contributed by atoms with van der Waals surface area (Å²) in [5, 5.41) is 2.77. The molecule has 0 radical (unpaired) electrons. The van der Waals surface area contributed by atoms with E-state index in [1.165, 1.54) is 25.1 Å². The van der Waals surface area contributed by atoms with Gasteiger partial charge in [0.1, 0.15) is 29.1 Å². The maximum atomic E-state index is 12.7. The van der Waals surface area contributed by atoms with Gasteiger partial charge in [-0.2, -0.15) is 13.2 Å². The van der Waals surface area contributed by atoms with Crippen molar-refractivity contribution in [1.29, 1.82) is 0 Å². The van der Waals surface area contributed by atoms with Gasteiger partial charge in [-0.3, -0.25) is 9.59 Å². The molecule has 32 heavy (non-hydrogen) atoms. The zero-order valence-corrected chi connectivity index (χ0v) is 16.7. The number of rotatable bonds is 7. The van der Waals surface area contributed by atoms with Crippen LogP contribution in [0.1, 0.15) is 23.0 Å². The number of nitrogens with zero attached hydrogens (tertiary/aromatic N) is 2. The molecule has 3 aromatic rings. The van der Waals surface area contributed by atoms with E-state index >= 15 is 0 Å². The van der Waals surface area contributed by atoms with E-state index < -0.39 is 29.6 Å². The molecule has 166 valence electrons. The van der Waals surface area contributed by atoms with Crippen LogP contribution >= 0.6 is 0 Å². The Kier molecular flexibility index (Phi) is 6.28. The van der Waals surface area contributed by atoms with Gasteiger partial charge in [-0.1, -0.05) is 0 Å². The number of primary amides is 2. The number of carbonyl (C=O) groups is 2. The number of aromatic nitrogens is 2. The molecule has 8 nitrogen and oxygen atoms in total. The van der Waals surface area contributed by atoms with E-state index in [0.29, 0.717) is 11.3 Å². The second kappa shape index (κ2) is 8.92. The molecule has 0 unspecified atom stereocenters. The van der Waals surface area contributed by atoms with Crippen molar-refractivity contribution in [3.63, 3.8) is 0 Å². The van der Waals surface area contributed by atoms with Crippen molar-refractivity contribution >= 4 is 17.6 Å². The van der Waals surface area contributed by atoms with Crippen molar-refractivity contribution < 1.29 is 27.5 Å². The van der Waals surface area contributed by atoms with Crippen LogP contribution in [0.15, 0.2) is 54.6 Å². The van der Waals surface area contributed by atoms with Gasteiger partial charge in [0.05, 0.1) is 5.56 Å². The normalized spacial score (nSPS) is 12.1. The summed E-state index contributed by atoms with van der Waals surface area (Å²) in [4.78, 5) is 31.3. The van der Waals surface area contributed by atoms with Crippen LogP contribution in [-0.4, -0.2) is 27.8 Å². The van der Waals surface area contributed by atoms with Crippen LogP contribution in [0.2, 0.25) is 0 Å². The zero-order valence-electron chi connectivity index (χ0n) is 16.7. The molecule has 2 amide bonds. The highest BCUT2D eigenvalue weighted by molar-refractivity contribution is 5.92. The third-order valence-corrected chi connectivity index (χ3v) is 4.30. The Morgan fingerprint density at radius 3 is 2.03 bits per heavy atom. The molecule has 0 aliphatic carbocycles. The predicted octanol–water partition coefficient (Wildman–Crippen LogP) is 3.34. The van der Waals surface area contributed by atoms with Gasteiger partial charge in [-0.15, -0.1) is 0 Å². The first-order valence-electron chi connectivity index (χ1n) is 9.23. The van der Waals surface area contributed by atoms with Crippen molar-refractivity contribution in [2.75, 3.05) is 5.32 Å². The number of carbonyl (C=O) groups excluding carboxylic acids is 2. The van der Waals surface area contributed by atoms with E-state index in [2.05, 4.69) is 15.3 Å². The van der Waals surface area contributed by atoms with Gasteiger partial charge in [0.2, 0.25) is 5.91 Å². The van der Waals surface area contributed by atoms with Crippen LogP contribution in [0.4, 0.5) is 19.0 Å².